The molecule has 0 bridgehead atoms. The van der Waals surface area contributed by atoms with Crippen molar-refractivity contribution in [1.29, 1.82) is 0 Å². The molecule has 3 heterocycles. The fourth-order valence-electron chi connectivity index (χ4n) is 3.08. The van der Waals surface area contributed by atoms with E-state index >= 15 is 0 Å². The summed E-state index contributed by atoms with van der Waals surface area (Å²) in [7, 11) is 0. The first-order valence-electron chi connectivity index (χ1n) is 8.19. The molecule has 4 rings (SSSR count). The molecule has 0 atom stereocenters. The molecule has 0 unspecified atom stereocenters. The van der Waals surface area contributed by atoms with Gasteiger partial charge in [-0.25, -0.2) is 9.97 Å². The highest BCUT2D eigenvalue weighted by Gasteiger charge is 2.16. The summed E-state index contributed by atoms with van der Waals surface area (Å²) in [6, 6.07) is 8.20. The molecule has 0 saturated carbocycles. The van der Waals surface area contributed by atoms with Gasteiger partial charge in [0.2, 0.25) is 0 Å². The van der Waals surface area contributed by atoms with Gasteiger partial charge in [-0.1, -0.05) is 11.6 Å². The van der Waals surface area contributed by atoms with E-state index in [-0.39, 0.29) is 6.04 Å². The van der Waals surface area contributed by atoms with Crippen molar-refractivity contribution in [3.05, 3.63) is 66.0 Å². The molecular weight excluding hydrogens is 334 g/mol. The average Bonchev–Trinajstić information content (AvgIpc) is 3.22. The van der Waals surface area contributed by atoms with Crippen LogP contribution in [0.1, 0.15) is 25.5 Å². The number of halogens is 1. The fourth-order valence-corrected chi connectivity index (χ4v) is 3.25. The van der Waals surface area contributed by atoms with Crippen LogP contribution in [0.4, 0.5) is 0 Å². The zero-order valence-electron chi connectivity index (χ0n) is 14.1. The number of benzene rings is 1. The van der Waals surface area contributed by atoms with Crippen LogP contribution in [0.3, 0.4) is 0 Å². The van der Waals surface area contributed by atoms with Gasteiger partial charge in [0.25, 0.3) is 0 Å². The third-order valence-electron chi connectivity index (χ3n) is 4.15. The number of hydrogen-bond donors (Lipinski definition) is 0. The Labute approximate surface area is 150 Å². The van der Waals surface area contributed by atoms with Crippen molar-refractivity contribution < 1.29 is 0 Å². The van der Waals surface area contributed by atoms with E-state index < -0.39 is 0 Å². The Morgan fingerprint density at radius 1 is 1.12 bits per heavy atom. The van der Waals surface area contributed by atoms with E-state index in [1.165, 1.54) is 0 Å². The van der Waals surface area contributed by atoms with Gasteiger partial charge in [-0.2, -0.15) is 0 Å². The SMILES string of the molecule is CC(C)n1c(-c2cncc(Cn3ccnc3)c2)nc2ccc(Cl)cc21. The third kappa shape index (κ3) is 3.03. The number of aromatic nitrogens is 5. The highest BCUT2D eigenvalue weighted by Crippen LogP contribution is 2.30. The van der Waals surface area contributed by atoms with Gasteiger partial charge in [-0.05, 0) is 43.7 Å². The maximum atomic E-state index is 6.19. The molecule has 6 heteroatoms. The van der Waals surface area contributed by atoms with E-state index in [0.29, 0.717) is 5.02 Å². The third-order valence-corrected chi connectivity index (χ3v) is 4.38. The van der Waals surface area contributed by atoms with Crippen molar-refractivity contribution in [1.82, 2.24) is 24.1 Å². The van der Waals surface area contributed by atoms with Crippen LogP contribution >= 0.6 is 11.6 Å². The molecule has 0 spiro atoms. The molecule has 0 radical (unpaired) electrons. The van der Waals surface area contributed by atoms with Crippen molar-refractivity contribution >= 4 is 22.6 Å². The number of pyridine rings is 1. The van der Waals surface area contributed by atoms with Gasteiger partial charge in [-0.3, -0.25) is 4.98 Å². The Balaban J connectivity index is 1.82. The van der Waals surface area contributed by atoms with Crippen LogP contribution < -0.4 is 0 Å². The number of hydrogen-bond acceptors (Lipinski definition) is 3. The number of imidazole rings is 2. The maximum absolute atomic E-state index is 6.19. The van der Waals surface area contributed by atoms with Gasteiger partial charge in [0, 0.05) is 41.4 Å². The van der Waals surface area contributed by atoms with E-state index in [9.17, 15) is 0 Å². The van der Waals surface area contributed by atoms with Crippen LogP contribution in [-0.4, -0.2) is 24.1 Å². The molecular formula is C19H18ClN5. The zero-order chi connectivity index (χ0) is 17.4. The van der Waals surface area contributed by atoms with E-state index in [1.807, 2.05) is 41.4 Å². The highest BCUT2D eigenvalue weighted by atomic mass is 35.5. The average molecular weight is 352 g/mol. The smallest absolute Gasteiger partial charge is 0.142 e. The first kappa shape index (κ1) is 15.8. The Hall–Kier alpha value is -2.66. The molecule has 0 aliphatic heterocycles. The summed E-state index contributed by atoms with van der Waals surface area (Å²) in [4.78, 5) is 13.3. The molecule has 0 saturated heterocycles. The van der Waals surface area contributed by atoms with Crippen LogP contribution in [0, 0.1) is 0 Å². The lowest BCUT2D eigenvalue weighted by Gasteiger charge is -2.13. The summed E-state index contributed by atoms with van der Waals surface area (Å²) >= 11 is 6.19. The first-order chi connectivity index (χ1) is 12.1. The lowest BCUT2D eigenvalue weighted by molar-refractivity contribution is 0.624. The molecule has 0 N–H and O–H groups in total. The first-order valence-corrected chi connectivity index (χ1v) is 8.57. The Morgan fingerprint density at radius 2 is 2.00 bits per heavy atom. The van der Waals surface area contributed by atoms with Crippen molar-refractivity contribution in [3.8, 4) is 11.4 Å². The number of fused-ring (bicyclic) bond motifs is 1. The molecule has 5 nitrogen and oxygen atoms in total. The standard InChI is InChI=1S/C19H18ClN5/c1-13(2)25-18-8-16(20)3-4-17(18)23-19(25)15-7-14(9-22-10-15)11-24-6-5-21-12-24/h3-10,12-13H,11H2,1-2H3. The van der Waals surface area contributed by atoms with E-state index in [4.69, 9.17) is 16.6 Å². The van der Waals surface area contributed by atoms with Gasteiger partial charge in [0.05, 0.1) is 23.9 Å². The van der Waals surface area contributed by atoms with E-state index in [1.54, 1.807) is 12.5 Å². The molecule has 3 aromatic heterocycles. The molecule has 0 amide bonds. The van der Waals surface area contributed by atoms with Crippen molar-refractivity contribution in [2.75, 3.05) is 0 Å². The molecule has 0 aliphatic rings. The van der Waals surface area contributed by atoms with Gasteiger partial charge in [0.1, 0.15) is 5.82 Å². The molecule has 126 valence electrons. The summed E-state index contributed by atoms with van der Waals surface area (Å²) in [5, 5.41) is 0.716. The van der Waals surface area contributed by atoms with Gasteiger partial charge >= 0.3 is 0 Å². The lowest BCUT2D eigenvalue weighted by Crippen LogP contribution is -2.04. The minimum atomic E-state index is 0.260. The monoisotopic (exact) mass is 351 g/mol. The summed E-state index contributed by atoms with van der Waals surface area (Å²) in [6.45, 7) is 5.02. The Kier molecular flexibility index (Phi) is 4.01. The lowest BCUT2D eigenvalue weighted by atomic mass is 10.2. The normalized spacial score (nSPS) is 11.5. The molecule has 1 aromatic carbocycles. The molecule has 0 aliphatic carbocycles. The van der Waals surface area contributed by atoms with Crippen LogP contribution in [0.5, 0.6) is 0 Å². The summed E-state index contributed by atoms with van der Waals surface area (Å²) in [5.74, 6) is 0.909. The van der Waals surface area contributed by atoms with Crippen LogP contribution in [0.25, 0.3) is 22.4 Å². The Bertz CT molecular complexity index is 1020. The number of rotatable bonds is 4. The van der Waals surface area contributed by atoms with Crippen molar-refractivity contribution in [2.45, 2.75) is 26.4 Å². The quantitative estimate of drug-likeness (QED) is 0.540. The Morgan fingerprint density at radius 3 is 2.76 bits per heavy atom. The van der Waals surface area contributed by atoms with Gasteiger partial charge in [0.15, 0.2) is 0 Å². The molecule has 0 fully saturated rings. The van der Waals surface area contributed by atoms with Gasteiger partial charge in [-0.15, -0.1) is 0 Å². The van der Waals surface area contributed by atoms with Crippen molar-refractivity contribution in [2.24, 2.45) is 0 Å². The second-order valence-electron chi connectivity index (χ2n) is 6.35. The molecule has 25 heavy (non-hydrogen) atoms. The number of nitrogens with zero attached hydrogens (tertiary/aromatic N) is 5. The highest BCUT2D eigenvalue weighted by molar-refractivity contribution is 6.31. The predicted molar refractivity (Wildman–Crippen MR) is 99.7 cm³/mol. The van der Waals surface area contributed by atoms with Crippen LogP contribution in [0.2, 0.25) is 5.02 Å². The topological polar surface area (TPSA) is 48.5 Å². The van der Waals surface area contributed by atoms with Crippen LogP contribution in [0.15, 0.2) is 55.4 Å². The summed E-state index contributed by atoms with van der Waals surface area (Å²) in [5.41, 5.74) is 4.08. The predicted octanol–water partition coefficient (Wildman–Crippen LogP) is 4.58. The van der Waals surface area contributed by atoms with E-state index in [0.717, 1.165) is 34.5 Å². The van der Waals surface area contributed by atoms with Crippen LogP contribution in [-0.2, 0) is 6.54 Å². The summed E-state index contributed by atoms with van der Waals surface area (Å²) in [6.07, 6.45) is 9.26. The van der Waals surface area contributed by atoms with Gasteiger partial charge < -0.3 is 9.13 Å². The fraction of sp³-hybridized carbons (Fsp3) is 0.211. The maximum Gasteiger partial charge on any atom is 0.142 e. The van der Waals surface area contributed by atoms with Crippen molar-refractivity contribution in [3.63, 3.8) is 0 Å². The summed E-state index contributed by atoms with van der Waals surface area (Å²) < 4.78 is 4.23. The molecule has 4 aromatic rings. The minimum absolute atomic E-state index is 0.260. The minimum Gasteiger partial charge on any atom is -0.333 e. The second kappa shape index (κ2) is 6.33. The zero-order valence-corrected chi connectivity index (χ0v) is 14.9. The largest absolute Gasteiger partial charge is 0.333 e. The van der Waals surface area contributed by atoms with E-state index in [2.05, 4.69) is 34.4 Å². The second-order valence-corrected chi connectivity index (χ2v) is 6.79.